The molecule has 1 amide bonds. The van der Waals surface area contributed by atoms with Gasteiger partial charge < -0.3 is 19.5 Å². The molecule has 1 N–H and O–H groups in total. The molecule has 1 aliphatic rings. The van der Waals surface area contributed by atoms with Gasteiger partial charge in [0, 0.05) is 18.2 Å². The number of aliphatic imine (C=N–C) groups is 1. The molecule has 0 fully saturated rings. The number of methoxy groups -OCH3 is 2. The van der Waals surface area contributed by atoms with Gasteiger partial charge in [-0.15, -0.1) is 0 Å². The van der Waals surface area contributed by atoms with Crippen LogP contribution in [0.15, 0.2) is 47.1 Å². The molecule has 0 saturated carbocycles. The Bertz CT molecular complexity index is 1090. The Hall–Kier alpha value is -4.21. The van der Waals surface area contributed by atoms with Gasteiger partial charge in [0.05, 0.1) is 30.8 Å². The molecule has 10 nitrogen and oxygen atoms in total. The quantitative estimate of drug-likeness (QED) is 0.335. The van der Waals surface area contributed by atoms with Crippen LogP contribution in [-0.4, -0.2) is 36.9 Å². The summed E-state index contributed by atoms with van der Waals surface area (Å²) in [6, 6.07) is 9.10. The van der Waals surface area contributed by atoms with Crippen molar-refractivity contribution in [3.8, 4) is 11.5 Å². The molecule has 0 aromatic heterocycles. The number of benzene rings is 2. The number of nitrogens with one attached hydrogen (secondary N) is 1. The van der Waals surface area contributed by atoms with Gasteiger partial charge in [-0.25, -0.2) is 9.79 Å². The number of cyclic esters (lactones) is 1. The van der Waals surface area contributed by atoms with E-state index < -0.39 is 10.9 Å². The number of carbonyl (C=O) groups is 2. The molecule has 2 aromatic carbocycles. The average molecular weight is 411 g/mol. The highest BCUT2D eigenvalue weighted by atomic mass is 16.6. The summed E-state index contributed by atoms with van der Waals surface area (Å²) in [5, 5.41) is 14.1. The summed E-state index contributed by atoms with van der Waals surface area (Å²) in [4.78, 5) is 38.3. The summed E-state index contributed by atoms with van der Waals surface area (Å²) in [5.41, 5.74) is 0.800. The first kappa shape index (κ1) is 20.5. The van der Waals surface area contributed by atoms with Gasteiger partial charge in [-0.1, -0.05) is 0 Å². The van der Waals surface area contributed by atoms with Crippen LogP contribution in [-0.2, 0) is 14.3 Å². The van der Waals surface area contributed by atoms with Crippen molar-refractivity contribution in [3.63, 3.8) is 0 Å². The molecule has 10 heteroatoms. The maximum Gasteiger partial charge on any atom is 0.363 e. The topological polar surface area (TPSA) is 129 Å². The van der Waals surface area contributed by atoms with E-state index in [1.54, 1.807) is 24.3 Å². The number of esters is 1. The first-order valence-electron chi connectivity index (χ1n) is 8.63. The summed E-state index contributed by atoms with van der Waals surface area (Å²) in [6.07, 6.45) is 1.25. The summed E-state index contributed by atoms with van der Waals surface area (Å²) in [6.45, 7) is 1.39. The van der Waals surface area contributed by atoms with Gasteiger partial charge in [0.15, 0.2) is 17.2 Å². The van der Waals surface area contributed by atoms with E-state index in [0.29, 0.717) is 11.3 Å². The van der Waals surface area contributed by atoms with Crippen LogP contribution in [0.3, 0.4) is 0 Å². The van der Waals surface area contributed by atoms with Crippen molar-refractivity contribution >= 4 is 35.2 Å². The lowest BCUT2D eigenvalue weighted by atomic mass is 10.1. The van der Waals surface area contributed by atoms with Crippen LogP contribution in [0.5, 0.6) is 11.5 Å². The maximum atomic E-state index is 12.2. The van der Waals surface area contributed by atoms with Gasteiger partial charge in [-0.2, -0.15) is 0 Å². The molecule has 0 bridgehead atoms. The van der Waals surface area contributed by atoms with Crippen molar-refractivity contribution in [1.29, 1.82) is 0 Å². The smallest absolute Gasteiger partial charge is 0.363 e. The number of carbonyl (C=O) groups excluding carboxylic acids is 2. The lowest BCUT2D eigenvalue weighted by molar-refractivity contribution is -0.385. The number of rotatable bonds is 6. The lowest BCUT2D eigenvalue weighted by Crippen LogP contribution is -2.07. The van der Waals surface area contributed by atoms with Crippen molar-refractivity contribution in [2.45, 2.75) is 6.92 Å². The Labute approximate surface area is 170 Å². The van der Waals surface area contributed by atoms with Crippen molar-refractivity contribution < 1.29 is 28.7 Å². The molecular formula is C20H17N3O7. The molecule has 1 heterocycles. The Kier molecular flexibility index (Phi) is 5.77. The number of amides is 1. The molecule has 154 valence electrons. The fourth-order valence-electron chi connectivity index (χ4n) is 2.74. The van der Waals surface area contributed by atoms with E-state index in [-0.39, 0.29) is 40.3 Å². The van der Waals surface area contributed by atoms with E-state index in [1.807, 2.05) is 0 Å². The Morgan fingerprint density at radius 2 is 1.80 bits per heavy atom. The third kappa shape index (κ3) is 4.27. The largest absolute Gasteiger partial charge is 0.493 e. The number of nitro groups is 1. The van der Waals surface area contributed by atoms with E-state index in [9.17, 15) is 19.7 Å². The molecule has 1 aliphatic heterocycles. The van der Waals surface area contributed by atoms with Crippen molar-refractivity contribution in [3.05, 3.63) is 63.3 Å². The second kappa shape index (κ2) is 8.43. The predicted molar refractivity (Wildman–Crippen MR) is 108 cm³/mol. The van der Waals surface area contributed by atoms with Crippen LogP contribution in [0.1, 0.15) is 18.1 Å². The molecule has 30 heavy (non-hydrogen) atoms. The zero-order valence-electron chi connectivity index (χ0n) is 16.3. The Morgan fingerprint density at radius 3 is 2.37 bits per heavy atom. The third-order valence-corrected chi connectivity index (χ3v) is 4.09. The normalized spacial score (nSPS) is 14.2. The van der Waals surface area contributed by atoms with Gasteiger partial charge in [-0.3, -0.25) is 14.9 Å². The number of nitro benzene ring substituents is 1. The van der Waals surface area contributed by atoms with E-state index in [1.165, 1.54) is 39.4 Å². The minimum absolute atomic E-state index is 0.0451. The average Bonchev–Trinajstić information content (AvgIpc) is 3.07. The zero-order valence-corrected chi connectivity index (χ0v) is 16.3. The minimum Gasteiger partial charge on any atom is -0.493 e. The zero-order chi connectivity index (χ0) is 21.8. The summed E-state index contributed by atoms with van der Waals surface area (Å²) in [7, 11) is 2.76. The SMILES string of the molecule is COc1cc(/C=C2\N=C(c3ccc(NC(C)=O)cc3)OC2=O)c([N+](=O)[O-])cc1OC. The Balaban J connectivity index is 1.98. The monoisotopic (exact) mass is 411 g/mol. The molecule has 0 unspecified atom stereocenters. The molecule has 0 saturated heterocycles. The first-order chi connectivity index (χ1) is 14.3. The van der Waals surface area contributed by atoms with Crippen molar-refractivity contribution in [1.82, 2.24) is 0 Å². The second-order valence-electron chi connectivity index (χ2n) is 6.12. The van der Waals surface area contributed by atoms with Crippen LogP contribution < -0.4 is 14.8 Å². The van der Waals surface area contributed by atoms with Crippen LogP contribution >= 0.6 is 0 Å². The van der Waals surface area contributed by atoms with Gasteiger partial charge in [0.25, 0.3) is 5.69 Å². The number of nitrogens with zero attached hydrogens (tertiary/aromatic N) is 2. The molecule has 0 radical (unpaired) electrons. The fourth-order valence-corrected chi connectivity index (χ4v) is 2.74. The highest BCUT2D eigenvalue weighted by Crippen LogP contribution is 2.36. The second-order valence-corrected chi connectivity index (χ2v) is 6.12. The van der Waals surface area contributed by atoms with Crippen molar-refractivity contribution in [2.24, 2.45) is 4.99 Å². The molecule has 3 rings (SSSR count). The van der Waals surface area contributed by atoms with Crippen LogP contribution in [0.2, 0.25) is 0 Å². The van der Waals surface area contributed by atoms with Gasteiger partial charge in [0.2, 0.25) is 11.8 Å². The first-order valence-corrected chi connectivity index (χ1v) is 8.63. The third-order valence-electron chi connectivity index (χ3n) is 4.09. The van der Waals surface area contributed by atoms with E-state index in [0.717, 1.165) is 0 Å². The van der Waals surface area contributed by atoms with E-state index in [2.05, 4.69) is 10.3 Å². The van der Waals surface area contributed by atoms with Crippen LogP contribution in [0.25, 0.3) is 6.08 Å². The van der Waals surface area contributed by atoms with Gasteiger partial charge in [-0.05, 0) is 36.4 Å². The highest BCUT2D eigenvalue weighted by molar-refractivity contribution is 6.13. The summed E-state index contributed by atoms with van der Waals surface area (Å²) < 4.78 is 15.4. The molecule has 2 aromatic rings. The summed E-state index contributed by atoms with van der Waals surface area (Å²) >= 11 is 0. The molecule has 0 aliphatic carbocycles. The Morgan fingerprint density at radius 1 is 1.17 bits per heavy atom. The highest BCUT2D eigenvalue weighted by Gasteiger charge is 2.26. The molecule has 0 spiro atoms. The number of hydrogen-bond donors (Lipinski definition) is 1. The fraction of sp³-hybridized carbons (Fsp3) is 0.150. The van der Waals surface area contributed by atoms with Gasteiger partial charge >= 0.3 is 5.97 Å². The standard InChI is InChI=1S/C20H17N3O7/c1-11(24)21-14-6-4-12(5-7-14)19-22-15(20(25)30-19)8-13-9-17(28-2)18(29-3)10-16(13)23(26)27/h4-10H,1-3H3,(H,21,24)/b15-8-. The van der Waals surface area contributed by atoms with Crippen LogP contribution in [0, 0.1) is 10.1 Å². The maximum absolute atomic E-state index is 12.2. The number of anilines is 1. The summed E-state index contributed by atoms with van der Waals surface area (Å²) in [5.74, 6) is -0.472. The lowest BCUT2D eigenvalue weighted by Gasteiger charge is -2.08. The molecular weight excluding hydrogens is 394 g/mol. The van der Waals surface area contributed by atoms with Gasteiger partial charge in [0.1, 0.15) is 0 Å². The predicted octanol–water partition coefficient (Wildman–Crippen LogP) is 2.91. The molecule has 0 atom stereocenters. The van der Waals surface area contributed by atoms with Crippen LogP contribution in [0.4, 0.5) is 11.4 Å². The minimum atomic E-state index is -0.750. The number of hydrogen-bond acceptors (Lipinski definition) is 8. The van der Waals surface area contributed by atoms with E-state index in [4.69, 9.17) is 14.2 Å². The van der Waals surface area contributed by atoms with E-state index >= 15 is 0 Å². The number of ether oxygens (including phenoxy) is 3. The van der Waals surface area contributed by atoms with Crippen molar-refractivity contribution in [2.75, 3.05) is 19.5 Å².